The second-order valence-corrected chi connectivity index (χ2v) is 5.93. The summed E-state index contributed by atoms with van der Waals surface area (Å²) in [5, 5.41) is 9.87. The predicted molar refractivity (Wildman–Crippen MR) is 97.2 cm³/mol. The van der Waals surface area contributed by atoms with Gasteiger partial charge in [-0.05, 0) is 35.4 Å². The predicted octanol–water partition coefficient (Wildman–Crippen LogP) is 4.69. The number of carboxylic acid groups (broad SMARTS) is 1. The summed E-state index contributed by atoms with van der Waals surface area (Å²) in [7, 11) is 1.61. The van der Waals surface area contributed by atoms with E-state index < -0.39 is 11.9 Å². The number of rotatable bonds is 3. The second-order valence-electron chi connectivity index (χ2n) is 5.93. The Balaban J connectivity index is 2.03. The molecule has 4 rings (SSSR count). The third-order valence-electron chi connectivity index (χ3n) is 4.54. The highest BCUT2D eigenvalue weighted by Crippen LogP contribution is 2.49. The van der Waals surface area contributed by atoms with Crippen molar-refractivity contribution in [2.24, 2.45) is 0 Å². The lowest BCUT2D eigenvalue weighted by atomic mass is 9.84. The van der Waals surface area contributed by atoms with Crippen molar-refractivity contribution in [1.29, 1.82) is 0 Å². The van der Waals surface area contributed by atoms with Gasteiger partial charge in [-0.25, -0.2) is 0 Å². The van der Waals surface area contributed by atoms with Crippen LogP contribution < -0.4 is 9.64 Å². The highest BCUT2D eigenvalue weighted by atomic mass is 16.5. The van der Waals surface area contributed by atoms with Gasteiger partial charge in [-0.1, -0.05) is 42.5 Å². The summed E-state index contributed by atoms with van der Waals surface area (Å²) >= 11 is 0. The standard InChI is InChI=1S/C21H17NO3/c1-25-15-11-12-17-19(13-15)22(14-7-3-2-4-8-14)18-10-6-5-9-16(18)20(17)21(23)24/h2-13,20H,1H3,(H,23,24). The second kappa shape index (κ2) is 5.98. The van der Waals surface area contributed by atoms with E-state index >= 15 is 0 Å². The third-order valence-corrected chi connectivity index (χ3v) is 4.54. The van der Waals surface area contributed by atoms with Crippen LogP contribution in [0.2, 0.25) is 0 Å². The fraction of sp³-hybridized carbons (Fsp3) is 0.0952. The first-order valence-electron chi connectivity index (χ1n) is 8.05. The van der Waals surface area contributed by atoms with Gasteiger partial charge in [-0.3, -0.25) is 4.79 Å². The molecule has 1 unspecified atom stereocenters. The Kier molecular flexibility index (Phi) is 3.65. The lowest BCUT2D eigenvalue weighted by molar-refractivity contribution is -0.137. The fourth-order valence-electron chi connectivity index (χ4n) is 3.44. The Morgan fingerprint density at radius 3 is 2.32 bits per heavy atom. The maximum atomic E-state index is 12.0. The molecular formula is C21H17NO3. The molecule has 124 valence electrons. The summed E-state index contributed by atoms with van der Waals surface area (Å²) < 4.78 is 5.37. The first-order chi connectivity index (χ1) is 12.2. The van der Waals surface area contributed by atoms with E-state index in [0.29, 0.717) is 5.75 Å². The van der Waals surface area contributed by atoms with E-state index in [2.05, 4.69) is 4.90 Å². The summed E-state index contributed by atoms with van der Waals surface area (Å²) in [5.41, 5.74) is 4.24. The monoisotopic (exact) mass is 331 g/mol. The van der Waals surface area contributed by atoms with E-state index in [0.717, 1.165) is 28.2 Å². The van der Waals surface area contributed by atoms with Crippen LogP contribution in [0.4, 0.5) is 17.1 Å². The van der Waals surface area contributed by atoms with Crippen molar-refractivity contribution in [3.05, 3.63) is 83.9 Å². The number of nitrogens with zero attached hydrogens (tertiary/aromatic N) is 1. The molecule has 3 aromatic rings. The number of carboxylic acids is 1. The van der Waals surface area contributed by atoms with Crippen molar-refractivity contribution in [2.45, 2.75) is 5.92 Å². The quantitative estimate of drug-likeness (QED) is 0.756. The van der Waals surface area contributed by atoms with Crippen LogP contribution in [0.5, 0.6) is 5.75 Å². The van der Waals surface area contributed by atoms with Crippen LogP contribution in [-0.2, 0) is 4.79 Å². The van der Waals surface area contributed by atoms with Crippen molar-refractivity contribution in [2.75, 3.05) is 12.0 Å². The summed E-state index contributed by atoms with van der Waals surface area (Å²) in [5.74, 6) is -0.855. The SMILES string of the molecule is COc1ccc2c(c1)N(c1ccccc1)c1ccccc1C2C(=O)O. The zero-order chi connectivity index (χ0) is 17.4. The third kappa shape index (κ3) is 2.43. The molecule has 1 aliphatic heterocycles. The van der Waals surface area contributed by atoms with Gasteiger partial charge >= 0.3 is 5.97 Å². The van der Waals surface area contributed by atoms with E-state index in [1.807, 2.05) is 72.8 Å². The smallest absolute Gasteiger partial charge is 0.315 e. The number of para-hydroxylation sites is 2. The van der Waals surface area contributed by atoms with Crippen LogP contribution in [0.1, 0.15) is 17.0 Å². The first-order valence-corrected chi connectivity index (χ1v) is 8.05. The minimum Gasteiger partial charge on any atom is -0.497 e. The molecule has 1 N–H and O–H groups in total. The molecule has 0 bridgehead atoms. The van der Waals surface area contributed by atoms with E-state index in [1.54, 1.807) is 7.11 Å². The average Bonchev–Trinajstić information content (AvgIpc) is 2.65. The number of ether oxygens (including phenoxy) is 1. The highest BCUT2D eigenvalue weighted by molar-refractivity contribution is 5.94. The number of fused-ring (bicyclic) bond motifs is 2. The van der Waals surface area contributed by atoms with Crippen LogP contribution in [-0.4, -0.2) is 18.2 Å². The molecule has 0 saturated heterocycles. The normalized spacial score (nSPS) is 15.2. The minimum absolute atomic E-state index is 0.697. The Labute approximate surface area is 145 Å². The number of benzene rings is 3. The number of aliphatic carboxylic acids is 1. The molecule has 0 fully saturated rings. The molecule has 0 aromatic heterocycles. The number of carbonyl (C=O) groups is 1. The lowest BCUT2D eigenvalue weighted by Crippen LogP contribution is -2.25. The summed E-state index contributed by atoms with van der Waals surface area (Å²) in [6.07, 6.45) is 0. The average molecular weight is 331 g/mol. The van der Waals surface area contributed by atoms with Crippen molar-refractivity contribution < 1.29 is 14.6 Å². The number of anilines is 3. The van der Waals surface area contributed by atoms with Crippen LogP contribution in [0, 0.1) is 0 Å². The van der Waals surface area contributed by atoms with Crippen molar-refractivity contribution >= 4 is 23.0 Å². The summed E-state index contributed by atoms with van der Waals surface area (Å²) in [6.45, 7) is 0. The van der Waals surface area contributed by atoms with E-state index in [9.17, 15) is 9.90 Å². The maximum Gasteiger partial charge on any atom is 0.315 e. The molecule has 0 radical (unpaired) electrons. The van der Waals surface area contributed by atoms with Gasteiger partial charge in [0.05, 0.1) is 18.5 Å². The molecule has 0 amide bonds. The van der Waals surface area contributed by atoms with Crippen LogP contribution in [0.3, 0.4) is 0 Å². The molecule has 4 heteroatoms. The molecule has 0 aliphatic carbocycles. The maximum absolute atomic E-state index is 12.0. The summed E-state index contributed by atoms with van der Waals surface area (Å²) in [4.78, 5) is 14.1. The molecule has 1 atom stereocenters. The number of hydrogen-bond acceptors (Lipinski definition) is 3. The van der Waals surface area contributed by atoms with Gasteiger partial charge in [0.1, 0.15) is 11.7 Å². The van der Waals surface area contributed by atoms with Crippen molar-refractivity contribution in [1.82, 2.24) is 0 Å². The molecule has 0 spiro atoms. The van der Waals surface area contributed by atoms with Gasteiger partial charge in [0.2, 0.25) is 0 Å². The molecular weight excluding hydrogens is 314 g/mol. The van der Waals surface area contributed by atoms with Crippen LogP contribution in [0.25, 0.3) is 0 Å². The Morgan fingerprint density at radius 1 is 0.920 bits per heavy atom. The van der Waals surface area contributed by atoms with Crippen LogP contribution >= 0.6 is 0 Å². The largest absolute Gasteiger partial charge is 0.497 e. The molecule has 1 aliphatic rings. The zero-order valence-corrected chi connectivity index (χ0v) is 13.7. The molecule has 1 heterocycles. The minimum atomic E-state index is -0.855. The summed E-state index contributed by atoms with van der Waals surface area (Å²) in [6, 6.07) is 23.2. The Hall–Kier alpha value is -3.27. The highest BCUT2D eigenvalue weighted by Gasteiger charge is 2.35. The molecule has 0 saturated carbocycles. The topological polar surface area (TPSA) is 49.8 Å². The Bertz CT molecular complexity index is 937. The van der Waals surface area contributed by atoms with Crippen molar-refractivity contribution in [3.8, 4) is 5.75 Å². The van der Waals surface area contributed by atoms with E-state index in [1.165, 1.54) is 0 Å². The number of methoxy groups -OCH3 is 1. The molecule has 3 aromatic carbocycles. The van der Waals surface area contributed by atoms with E-state index in [4.69, 9.17) is 4.74 Å². The van der Waals surface area contributed by atoms with Gasteiger partial charge in [0.15, 0.2) is 0 Å². The molecule has 4 nitrogen and oxygen atoms in total. The van der Waals surface area contributed by atoms with Gasteiger partial charge in [-0.2, -0.15) is 0 Å². The lowest BCUT2D eigenvalue weighted by Gasteiger charge is -2.36. The molecule has 25 heavy (non-hydrogen) atoms. The van der Waals surface area contributed by atoms with E-state index in [-0.39, 0.29) is 0 Å². The zero-order valence-electron chi connectivity index (χ0n) is 13.7. The Morgan fingerprint density at radius 2 is 1.60 bits per heavy atom. The first kappa shape index (κ1) is 15.3. The van der Waals surface area contributed by atoms with Gasteiger partial charge in [0.25, 0.3) is 0 Å². The van der Waals surface area contributed by atoms with Gasteiger partial charge < -0.3 is 14.7 Å². The van der Waals surface area contributed by atoms with Gasteiger partial charge in [0, 0.05) is 11.8 Å². The fourth-order valence-corrected chi connectivity index (χ4v) is 3.44. The van der Waals surface area contributed by atoms with Crippen LogP contribution in [0.15, 0.2) is 72.8 Å². The van der Waals surface area contributed by atoms with Crippen molar-refractivity contribution in [3.63, 3.8) is 0 Å². The number of hydrogen-bond donors (Lipinski definition) is 1. The van der Waals surface area contributed by atoms with Gasteiger partial charge in [-0.15, -0.1) is 0 Å².